The highest BCUT2D eigenvalue weighted by molar-refractivity contribution is 4.82. The Labute approximate surface area is 96.4 Å². The molecule has 0 aromatic carbocycles. The SMILES string of the molecule is CCCN(CC)CC(CC)(CC)CNC. The van der Waals surface area contributed by atoms with Gasteiger partial charge in [-0.2, -0.15) is 0 Å². The molecule has 2 heteroatoms. The predicted molar refractivity (Wildman–Crippen MR) is 69.3 cm³/mol. The molecular formula is C13H30N2. The summed E-state index contributed by atoms with van der Waals surface area (Å²) < 4.78 is 0. The highest BCUT2D eigenvalue weighted by atomic mass is 15.1. The topological polar surface area (TPSA) is 15.3 Å². The molecule has 0 aliphatic heterocycles. The van der Waals surface area contributed by atoms with E-state index in [-0.39, 0.29) is 0 Å². The first kappa shape index (κ1) is 14.9. The van der Waals surface area contributed by atoms with Gasteiger partial charge in [0.05, 0.1) is 0 Å². The van der Waals surface area contributed by atoms with Crippen molar-refractivity contribution in [2.24, 2.45) is 5.41 Å². The van der Waals surface area contributed by atoms with Crippen LogP contribution in [0, 0.1) is 5.41 Å². The quantitative estimate of drug-likeness (QED) is 0.635. The molecule has 0 aromatic heterocycles. The third-order valence-electron chi connectivity index (χ3n) is 3.60. The zero-order chi connectivity index (χ0) is 11.7. The van der Waals surface area contributed by atoms with Gasteiger partial charge in [0.2, 0.25) is 0 Å². The Kier molecular flexibility index (Phi) is 8.07. The number of hydrogen-bond donors (Lipinski definition) is 1. The number of rotatable bonds is 9. The standard InChI is InChI=1S/C13H30N2/c1-6-10-15(9-4)12-13(7-2,8-3)11-14-5/h14H,6-12H2,1-5H3. The second-order valence-electron chi connectivity index (χ2n) is 4.61. The molecule has 0 radical (unpaired) electrons. The number of nitrogens with zero attached hydrogens (tertiary/aromatic N) is 1. The van der Waals surface area contributed by atoms with E-state index in [4.69, 9.17) is 0 Å². The number of hydrogen-bond acceptors (Lipinski definition) is 2. The third-order valence-corrected chi connectivity index (χ3v) is 3.60. The molecule has 0 saturated heterocycles. The van der Waals surface area contributed by atoms with E-state index in [0.29, 0.717) is 5.41 Å². The minimum Gasteiger partial charge on any atom is -0.319 e. The van der Waals surface area contributed by atoms with Crippen molar-refractivity contribution < 1.29 is 0 Å². The van der Waals surface area contributed by atoms with Crippen LogP contribution in [-0.2, 0) is 0 Å². The lowest BCUT2D eigenvalue weighted by molar-refractivity contribution is 0.141. The van der Waals surface area contributed by atoms with Gasteiger partial charge in [0.1, 0.15) is 0 Å². The first-order chi connectivity index (χ1) is 7.17. The second-order valence-corrected chi connectivity index (χ2v) is 4.61. The smallest absolute Gasteiger partial charge is 0.00498 e. The molecule has 0 amide bonds. The summed E-state index contributed by atoms with van der Waals surface area (Å²) in [5.41, 5.74) is 0.472. The summed E-state index contributed by atoms with van der Waals surface area (Å²) in [5, 5.41) is 3.36. The third kappa shape index (κ3) is 4.98. The monoisotopic (exact) mass is 214 g/mol. The van der Waals surface area contributed by atoms with Gasteiger partial charge >= 0.3 is 0 Å². The molecule has 2 nitrogen and oxygen atoms in total. The van der Waals surface area contributed by atoms with Crippen LogP contribution in [0.15, 0.2) is 0 Å². The lowest BCUT2D eigenvalue weighted by Crippen LogP contribution is -2.43. The van der Waals surface area contributed by atoms with E-state index in [1.54, 1.807) is 0 Å². The lowest BCUT2D eigenvalue weighted by atomic mass is 9.81. The first-order valence-corrected chi connectivity index (χ1v) is 6.54. The van der Waals surface area contributed by atoms with Crippen LogP contribution in [0.1, 0.15) is 47.0 Å². The molecule has 92 valence electrons. The van der Waals surface area contributed by atoms with Crippen molar-refractivity contribution in [3.8, 4) is 0 Å². The summed E-state index contributed by atoms with van der Waals surface area (Å²) in [7, 11) is 2.07. The van der Waals surface area contributed by atoms with Gasteiger partial charge < -0.3 is 10.2 Å². The molecule has 0 fully saturated rings. The van der Waals surface area contributed by atoms with Crippen molar-refractivity contribution in [1.29, 1.82) is 0 Å². The minimum absolute atomic E-state index is 0.472. The predicted octanol–water partition coefficient (Wildman–Crippen LogP) is 2.74. The molecule has 0 unspecified atom stereocenters. The van der Waals surface area contributed by atoms with E-state index in [1.165, 1.54) is 38.9 Å². The average Bonchev–Trinajstić information content (AvgIpc) is 2.27. The molecule has 0 heterocycles. The Morgan fingerprint density at radius 3 is 2.00 bits per heavy atom. The highest BCUT2D eigenvalue weighted by Gasteiger charge is 2.27. The van der Waals surface area contributed by atoms with Gasteiger partial charge in [0.15, 0.2) is 0 Å². The Balaban J connectivity index is 4.34. The van der Waals surface area contributed by atoms with E-state index in [2.05, 4.69) is 45.0 Å². The fourth-order valence-corrected chi connectivity index (χ4v) is 2.29. The number of nitrogens with one attached hydrogen (secondary N) is 1. The second kappa shape index (κ2) is 8.12. The fraction of sp³-hybridized carbons (Fsp3) is 1.00. The van der Waals surface area contributed by atoms with E-state index < -0.39 is 0 Å². The van der Waals surface area contributed by atoms with Crippen molar-refractivity contribution in [3.63, 3.8) is 0 Å². The lowest BCUT2D eigenvalue weighted by Gasteiger charge is -2.37. The zero-order valence-electron chi connectivity index (χ0n) is 11.4. The van der Waals surface area contributed by atoms with Crippen molar-refractivity contribution in [1.82, 2.24) is 10.2 Å². The van der Waals surface area contributed by atoms with E-state index in [9.17, 15) is 0 Å². The molecule has 1 N–H and O–H groups in total. The van der Waals surface area contributed by atoms with Gasteiger partial charge in [0, 0.05) is 13.1 Å². The van der Waals surface area contributed by atoms with Gasteiger partial charge in [0.25, 0.3) is 0 Å². The Morgan fingerprint density at radius 1 is 1.07 bits per heavy atom. The van der Waals surface area contributed by atoms with Crippen LogP contribution in [0.3, 0.4) is 0 Å². The van der Waals surface area contributed by atoms with Crippen LogP contribution in [0.4, 0.5) is 0 Å². The zero-order valence-corrected chi connectivity index (χ0v) is 11.4. The Hall–Kier alpha value is -0.0800. The van der Waals surface area contributed by atoms with Gasteiger partial charge in [-0.1, -0.05) is 27.7 Å². The fourth-order valence-electron chi connectivity index (χ4n) is 2.29. The van der Waals surface area contributed by atoms with Gasteiger partial charge in [-0.05, 0) is 44.8 Å². The average molecular weight is 214 g/mol. The molecule has 0 aliphatic carbocycles. The van der Waals surface area contributed by atoms with Crippen LogP contribution in [0.2, 0.25) is 0 Å². The van der Waals surface area contributed by atoms with Crippen molar-refractivity contribution in [2.45, 2.75) is 47.0 Å². The summed E-state index contributed by atoms with van der Waals surface area (Å²) in [6.07, 6.45) is 3.80. The largest absolute Gasteiger partial charge is 0.319 e. The Morgan fingerprint density at radius 2 is 1.67 bits per heavy atom. The molecule has 0 aromatic rings. The normalized spacial score (nSPS) is 12.4. The maximum absolute atomic E-state index is 3.36. The summed E-state index contributed by atoms with van der Waals surface area (Å²) >= 11 is 0. The van der Waals surface area contributed by atoms with Gasteiger partial charge in [-0.15, -0.1) is 0 Å². The van der Waals surface area contributed by atoms with E-state index in [0.717, 1.165) is 6.54 Å². The maximum Gasteiger partial charge on any atom is 0.00498 e. The van der Waals surface area contributed by atoms with Crippen LogP contribution >= 0.6 is 0 Å². The van der Waals surface area contributed by atoms with Crippen LogP contribution in [0.25, 0.3) is 0 Å². The molecule has 0 rings (SSSR count). The van der Waals surface area contributed by atoms with Crippen LogP contribution in [-0.4, -0.2) is 38.1 Å². The van der Waals surface area contributed by atoms with Crippen LogP contribution < -0.4 is 5.32 Å². The molecule has 0 saturated carbocycles. The maximum atomic E-state index is 3.36. The summed E-state index contributed by atoms with van der Waals surface area (Å²) in [6, 6.07) is 0. The van der Waals surface area contributed by atoms with Crippen molar-refractivity contribution in [2.75, 3.05) is 33.2 Å². The summed E-state index contributed by atoms with van der Waals surface area (Å²) in [4.78, 5) is 2.59. The van der Waals surface area contributed by atoms with Gasteiger partial charge in [-0.25, -0.2) is 0 Å². The first-order valence-electron chi connectivity index (χ1n) is 6.54. The highest BCUT2D eigenvalue weighted by Crippen LogP contribution is 2.26. The molecule has 0 atom stereocenters. The van der Waals surface area contributed by atoms with Crippen molar-refractivity contribution >= 4 is 0 Å². The summed E-state index contributed by atoms with van der Waals surface area (Å²) in [6.45, 7) is 14.0. The molecule has 0 spiro atoms. The van der Waals surface area contributed by atoms with Crippen LogP contribution in [0.5, 0.6) is 0 Å². The Bertz CT molecular complexity index is 141. The minimum atomic E-state index is 0.472. The van der Waals surface area contributed by atoms with Gasteiger partial charge in [-0.3, -0.25) is 0 Å². The van der Waals surface area contributed by atoms with E-state index in [1.807, 2.05) is 0 Å². The molecule has 15 heavy (non-hydrogen) atoms. The van der Waals surface area contributed by atoms with Crippen molar-refractivity contribution in [3.05, 3.63) is 0 Å². The molecule has 0 bridgehead atoms. The van der Waals surface area contributed by atoms with E-state index >= 15 is 0 Å². The molecule has 0 aliphatic rings. The molecular weight excluding hydrogens is 184 g/mol. The summed E-state index contributed by atoms with van der Waals surface area (Å²) in [5.74, 6) is 0.